The van der Waals surface area contributed by atoms with Crippen LogP contribution in [0, 0.1) is 6.92 Å². The molecule has 29 heavy (non-hydrogen) atoms. The van der Waals surface area contributed by atoms with Crippen molar-refractivity contribution in [3.8, 4) is 0 Å². The zero-order valence-corrected chi connectivity index (χ0v) is 19.2. The van der Waals surface area contributed by atoms with E-state index in [4.69, 9.17) is 0 Å². The van der Waals surface area contributed by atoms with Gasteiger partial charge >= 0.3 is 0 Å². The quantitative estimate of drug-likeness (QED) is 0.507. The number of unbranched alkanes of at least 4 members (excludes halogenated alkanes) is 1. The van der Waals surface area contributed by atoms with Gasteiger partial charge in [-0.2, -0.15) is 0 Å². The summed E-state index contributed by atoms with van der Waals surface area (Å²) in [7, 11) is 0. The first-order chi connectivity index (χ1) is 13.9. The molecule has 1 unspecified atom stereocenters. The van der Waals surface area contributed by atoms with Gasteiger partial charge in [-0.3, -0.25) is 9.59 Å². The minimum absolute atomic E-state index is 0.00775. The Kier molecular flexibility index (Phi) is 9.39. The van der Waals surface area contributed by atoms with Gasteiger partial charge in [-0.05, 0) is 49.9 Å². The lowest BCUT2D eigenvalue weighted by molar-refractivity contribution is -0.140. The second-order valence-corrected chi connectivity index (χ2v) is 8.37. The molecule has 1 atom stereocenters. The second-order valence-electron chi connectivity index (χ2n) is 7.45. The molecule has 2 aromatic carbocycles. The van der Waals surface area contributed by atoms with Gasteiger partial charge in [0.2, 0.25) is 11.8 Å². The number of amides is 2. The average Bonchev–Trinajstić information content (AvgIpc) is 2.72. The largest absolute Gasteiger partial charge is 0.354 e. The van der Waals surface area contributed by atoms with E-state index in [1.807, 2.05) is 38.1 Å². The predicted octanol–water partition coefficient (Wildman–Crippen LogP) is 5.02. The molecule has 0 aliphatic heterocycles. The van der Waals surface area contributed by atoms with Crippen LogP contribution in [-0.2, 0) is 22.6 Å². The van der Waals surface area contributed by atoms with E-state index in [9.17, 15) is 9.59 Å². The van der Waals surface area contributed by atoms with Crippen molar-refractivity contribution in [2.45, 2.75) is 59.0 Å². The van der Waals surface area contributed by atoms with Crippen LogP contribution in [0.1, 0.15) is 49.8 Å². The van der Waals surface area contributed by atoms with Crippen molar-refractivity contribution in [1.82, 2.24) is 10.2 Å². The monoisotopic (exact) mass is 458 g/mol. The first-order valence-electron chi connectivity index (χ1n) is 10.3. The van der Waals surface area contributed by atoms with E-state index in [0.29, 0.717) is 25.9 Å². The molecule has 0 bridgehead atoms. The Balaban J connectivity index is 2.08. The highest BCUT2D eigenvalue weighted by Crippen LogP contribution is 2.16. The minimum Gasteiger partial charge on any atom is -0.354 e. The van der Waals surface area contributed by atoms with Crippen LogP contribution in [0.15, 0.2) is 53.0 Å². The molecule has 0 saturated heterocycles. The standard InChI is InChI=1S/C24H31BrN2O2/c1-4-5-16-26-24(29)19(3)27(17-21-10-13-22(25)14-11-21)23(28)15-12-20-8-6-18(2)7-9-20/h6-11,13-14,19H,4-5,12,15-17H2,1-3H3,(H,26,29). The average molecular weight is 459 g/mol. The van der Waals surface area contributed by atoms with E-state index in [1.165, 1.54) is 5.56 Å². The zero-order chi connectivity index (χ0) is 21.2. The Morgan fingerprint density at radius 2 is 1.66 bits per heavy atom. The third kappa shape index (κ3) is 7.65. The molecule has 2 rings (SSSR count). The molecule has 0 aliphatic rings. The third-order valence-corrected chi connectivity index (χ3v) is 5.54. The first kappa shape index (κ1) is 23.1. The molecule has 0 saturated carbocycles. The van der Waals surface area contributed by atoms with Gasteiger partial charge < -0.3 is 10.2 Å². The summed E-state index contributed by atoms with van der Waals surface area (Å²) < 4.78 is 0.990. The Morgan fingerprint density at radius 3 is 2.28 bits per heavy atom. The van der Waals surface area contributed by atoms with Crippen molar-refractivity contribution in [3.63, 3.8) is 0 Å². The Bertz CT molecular complexity index is 788. The molecule has 0 radical (unpaired) electrons. The van der Waals surface area contributed by atoms with E-state index in [0.717, 1.165) is 28.4 Å². The van der Waals surface area contributed by atoms with E-state index in [2.05, 4.69) is 52.4 Å². The summed E-state index contributed by atoms with van der Waals surface area (Å²) in [5.41, 5.74) is 3.34. The molecule has 2 aromatic rings. The Morgan fingerprint density at radius 1 is 1.03 bits per heavy atom. The lowest BCUT2D eigenvalue weighted by Crippen LogP contribution is -2.47. The third-order valence-electron chi connectivity index (χ3n) is 5.01. The summed E-state index contributed by atoms with van der Waals surface area (Å²) in [6.45, 7) is 7.01. The van der Waals surface area contributed by atoms with Crippen molar-refractivity contribution in [1.29, 1.82) is 0 Å². The summed E-state index contributed by atoms with van der Waals surface area (Å²) in [5.74, 6) is -0.106. The summed E-state index contributed by atoms with van der Waals surface area (Å²) in [6.07, 6.45) is 3.01. The Hall–Kier alpha value is -2.14. The molecule has 0 aliphatic carbocycles. The van der Waals surface area contributed by atoms with Gasteiger partial charge in [-0.1, -0.05) is 71.2 Å². The molecule has 5 heteroatoms. The number of carbonyl (C=O) groups is 2. The highest BCUT2D eigenvalue weighted by atomic mass is 79.9. The molecule has 2 amide bonds. The highest BCUT2D eigenvalue weighted by Gasteiger charge is 2.25. The lowest BCUT2D eigenvalue weighted by atomic mass is 10.1. The van der Waals surface area contributed by atoms with Crippen LogP contribution in [0.3, 0.4) is 0 Å². The normalized spacial score (nSPS) is 11.7. The van der Waals surface area contributed by atoms with Crippen molar-refractivity contribution in [2.75, 3.05) is 6.54 Å². The summed E-state index contributed by atoms with van der Waals surface area (Å²) >= 11 is 3.44. The molecule has 0 spiro atoms. The first-order valence-corrected chi connectivity index (χ1v) is 11.1. The maximum absolute atomic E-state index is 13.1. The van der Waals surface area contributed by atoms with Crippen LogP contribution in [0.5, 0.6) is 0 Å². The Labute approximate surface area is 182 Å². The molecule has 1 N–H and O–H groups in total. The number of nitrogens with zero attached hydrogens (tertiary/aromatic N) is 1. The van der Waals surface area contributed by atoms with Gasteiger partial charge in [0.1, 0.15) is 6.04 Å². The SMILES string of the molecule is CCCCNC(=O)C(C)N(Cc1ccc(Br)cc1)C(=O)CCc1ccc(C)cc1. The van der Waals surface area contributed by atoms with Crippen LogP contribution in [0.4, 0.5) is 0 Å². The summed E-state index contributed by atoms with van der Waals surface area (Å²) in [5, 5.41) is 2.95. The molecule has 0 heterocycles. The van der Waals surface area contributed by atoms with Crippen molar-refractivity contribution >= 4 is 27.7 Å². The van der Waals surface area contributed by atoms with E-state index < -0.39 is 6.04 Å². The molecular weight excluding hydrogens is 428 g/mol. The van der Waals surface area contributed by atoms with Crippen LogP contribution < -0.4 is 5.32 Å². The van der Waals surface area contributed by atoms with Crippen LogP contribution >= 0.6 is 15.9 Å². The minimum atomic E-state index is -0.513. The molecular formula is C24H31BrN2O2. The maximum Gasteiger partial charge on any atom is 0.242 e. The van der Waals surface area contributed by atoms with Gasteiger partial charge in [0.25, 0.3) is 0 Å². The fourth-order valence-corrected chi connectivity index (χ4v) is 3.32. The smallest absolute Gasteiger partial charge is 0.242 e. The summed E-state index contributed by atoms with van der Waals surface area (Å²) in [6, 6.07) is 15.6. The van der Waals surface area contributed by atoms with Crippen molar-refractivity contribution in [2.24, 2.45) is 0 Å². The number of aryl methyl sites for hydroxylation is 2. The second kappa shape index (κ2) is 11.8. The number of hydrogen-bond donors (Lipinski definition) is 1. The fourth-order valence-electron chi connectivity index (χ4n) is 3.05. The maximum atomic E-state index is 13.1. The number of rotatable bonds is 10. The zero-order valence-electron chi connectivity index (χ0n) is 17.6. The lowest BCUT2D eigenvalue weighted by Gasteiger charge is -2.29. The molecule has 156 valence electrons. The van der Waals surface area contributed by atoms with Gasteiger partial charge in [-0.15, -0.1) is 0 Å². The van der Waals surface area contributed by atoms with Crippen molar-refractivity contribution < 1.29 is 9.59 Å². The van der Waals surface area contributed by atoms with Crippen LogP contribution in [0.25, 0.3) is 0 Å². The number of nitrogens with one attached hydrogen (secondary N) is 1. The predicted molar refractivity (Wildman–Crippen MR) is 122 cm³/mol. The van der Waals surface area contributed by atoms with Gasteiger partial charge in [0.15, 0.2) is 0 Å². The highest BCUT2D eigenvalue weighted by molar-refractivity contribution is 9.10. The number of benzene rings is 2. The van der Waals surface area contributed by atoms with Crippen LogP contribution in [0.2, 0.25) is 0 Å². The number of halogens is 1. The topological polar surface area (TPSA) is 49.4 Å². The molecule has 4 nitrogen and oxygen atoms in total. The van der Waals surface area contributed by atoms with E-state index >= 15 is 0 Å². The number of carbonyl (C=O) groups excluding carboxylic acids is 2. The van der Waals surface area contributed by atoms with Crippen LogP contribution in [-0.4, -0.2) is 29.3 Å². The van der Waals surface area contributed by atoms with Crippen molar-refractivity contribution in [3.05, 3.63) is 69.7 Å². The molecule has 0 fully saturated rings. The fraction of sp³-hybridized carbons (Fsp3) is 0.417. The number of hydrogen-bond acceptors (Lipinski definition) is 2. The van der Waals surface area contributed by atoms with E-state index in [-0.39, 0.29) is 11.8 Å². The summed E-state index contributed by atoms with van der Waals surface area (Å²) in [4.78, 5) is 27.4. The molecule has 0 aromatic heterocycles. The van der Waals surface area contributed by atoms with Gasteiger partial charge in [-0.25, -0.2) is 0 Å². The van der Waals surface area contributed by atoms with Gasteiger partial charge in [0.05, 0.1) is 0 Å². The van der Waals surface area contributed by atoms with E-state index in [1.54, 1.807) is 4.90 Å². The van der Waals surface area contributed by atoms with Gasteiger partial charge in [0, 0.05) is 24.0 Å².